The van der Waals surface area contributed by atoms with Gasteiger partial charge in [0, 0.05) is 37.9 Å². The molecular weight excluding hydrogens is 358 g/mol. The molecule has 3 aliphatic rings. The maximum atomic E-state index is 12.6. The quantitative estimate of drug-likeness (QED) is 0.828. The van der Waals surface area contributed by atoms with Gasteiger partial charge in [0.1, 0.15) is 5.71 Å². The minimum Gasteiger partial charge on any atom is -0.386 e. The molecule has 1 aliphatic carbocycles. The number of hydrogen-bond donors (Lipinski definition) is 2. The van der Waals surface area contributed by atoms with Crippen molar-refractivity contribution in [3.63, 3.8) is 0 Å². The molecule has 1 saturated heterocycles. The SMILES string of the molecule is O=C(NCc1cccnc1)C1=NO[C@]2(CCCN(C(=O)NC3CCCC3)C2)C1. The Morgan fingerprint density at radius 3 is 2.93 bits per heavy atom. The van der Waals surface area contributed by atoms with E-state index in [9.17, 15) is 9.59 Å². The molecule has 1 atom stereocenters. The van der Waals surface area contributed by atoms with Gasteiger partial charge < -0.3 is 20.4 Å². The standard InChI is InChI=1S/C20H27N5O3/c26-18(22-13-15-5-3-9-21-12-15)17-11-20(28-24-17)8-4-10-25(14-20)19(27)23-16-6-1-2-7-16/h3,5,9,12,16H,1-2,4,6-8,10-11,13-14H2,(H,22,26)(H,23,27)/t20-/m1/s1. The van der Waals surface area contributed by atoms with Crippen molar-refractivity contribution in [2.24, 2.45) is 5.16 Å². The third kappa shape index (κ3) is 4.26. The molecule has 1 spiro atoms. The number of carbonyl (C=O) groups excluding carboxylic acids is 2. The molecule has 0 aromatic carbocycles. The van der Waals surface area contributed by atoms with E-state index in [1.54, 1.807) is 12.4 Å². The lowest BCUT2D eigenvalue weighted by Gasteiger charge is -2.38. The minimum atomic E-state index is -0.577. The van der Waals surface area contributed by atoms with Gasteiger partial charge in [-0.2, -0.15) is 0 Å². The van der Waals surface area contributed by atoms with E-state index in [1.165, 1.54) is 12.8 Å². The van der Waals surface area contributed by atoms with E-state index >= 15 is 0 Å². The molecule has 1 saturated carbocycles. The third-order valence-corrected chi connectivity index (χ3v) is 5.79. The fourth-order valence-corrected chi connectivity index (χ4v) is 4.26. The Bertz CT molecular complexity index is 747. The van der Waals surface area contributed by atoms with Crippen LogP contribution in [0.3, 0.4) is 0 Å². The predicted molar refractivity (Wildman–Crippen MR) is 104 cm³/mol. The molecule has 2 fully saturated rings. The second kappa shape index (κ2) is 8.16. The number of carbonyl (C=O) groups is 2. The van der Waals surface area contributed by atoms with E-state index in [0.717, 1.165) is 31.2 Å². The summed E-state index contributed by atoms with van der Waals surface area (Å²) >= 11 is 0. The van der Waals surface area contributed by atoms with Crippen LogP contribution in [0.1, 0.15) is 50.5 Å². The Kier molecular flexibility index (Phi) is 5.45. The van der Waals surface area contributed by atoms with Gasteiger partial charge in [-0.15, -0.1) is 0 Å². The van der Waals surface area contributed by atoms with Gasteiger partial charge in [-0.25, -0.2) is 4.79 Å². The van der Waals surface area contributed by atoms with Crippen LogP contribution in [0, 0.1) is 0 Å². The molecule has 0 radical (unpaired) electrons. The van der Waals surface area contributed by atoms with Crippen molar-refractivity contribution in [3.05, 3.63) is 30.1 Å². The second-order valence-electron chi connectivity index (χ2n) is 7.99. The van der Waals surface area contributed by atoms with Gasteiger partial charge in [0.2, 0.25) is 0 Å². The molecule has 8 heteroatoms. The van der Waals surface area contributed by atoms with Crippen LogP contribution in [0.15, 0.2) is 29.7 Å². The predicted octanol–water partition coefficient (Wildman–Crippen LogP) is 1.96. The third-order valence-electron chi connectivity index (χ3n) is 5.79. The number of nitrogens with one attached hydrogen (secondary N) is 2. The van der Waals surface area contributed by atoms with Crippen molar-refractivity contribution in [2.45, 2.75) is 63.1 Å². The highest BCUT2D eigenvalue weighted by Gasteiger charge is 2.45. The normalized spacial score (nSPS) is 24.7. The minimum absolute atomic E-state index is 0.0240. The number of likely N-dealkylation sites (tertiary alicyclic amines) is 1. The largest absolute Gasteiger partial charge is 0.386 e. The van der Waals surface area contributed by atoms with Crippen molar-refractivity contribution < 1.29 is 14.4 Å². The van der Waals surface area contributed by atoms with E-state index < -0.39 is 5.60 Å². The van der Waals surface area contributed by atoms with Gasteiger partial charge in [-0.3, -0.25) is 9.78 Å². The summed E-state index contributed by atoms with van der Waals surface area (Å²) < 4.78 is 0. The van der Waals surface area contributed by atoms with Gasteiger partial charge in [-0.1, -0.05) is 24.1 Å². The van der Waals surface area contributed by atoms with Crippen molar-refractivity contribution in [2.75, 3.05) is 13.1 Å². The molecule has 0 bridgehead atoms. The Labute approximate surface area is 164 Å². The number of piperidine rings is 1. The van der Waals surface area contributed by atoms with Crippen molar-refractivity contribution in [1.29, 1.82) is 0 Å². The molecule has 2 aliphatic heterocycles. The summed E-state index contributed by atoms with van der Waals surface area (Å²) in [6, 6.07) is 4.01. The number of rotatable bonds is 4. The number of nitrogens with zero attached hydrogens (tertiary/aromatic N) is 3. The summed E-state index contributed by atoms with van der Waals surface area (Å²) in [6.07, 6.45) is 9.97. The van der Waals surface area contributed by atoms with Crippen LogP contribution >= 0.6 is 0 Å². The van der Waals surface area contributed by atoms with Crippen LogP contribution in [0.5, 0.6) is 0 Å². The number of aromatic nitrogens is 1. The van der Waals surface area contributed by atoms with Gasteiger partial charge in [0.25, 0.3) is 5.91 Å². The van der Waals surface area contributed by atoms with Crippen LogP contribution in [0.4, 0.5) is 4.79 Å². The fraction of sp³-hybridized carbons (Fsp3) is 0.600. The number of pyridine rings is 1. The van der Waals surface area contributed by atoms with Crippen LogP contribution in [0.2, 0.25) is 0 Å². The number of amides is 3. The van der Waals surface area contributed by atoms with Crippen molar-refractivity contribution in [3.8, 4) is 0 Å². The summed E-state index contributed by atoms with van der Waals surface area (Å²) in [6.45, 7) is 1.58. The van der Waals surface area contributed by atoms with Crippen molar-refractivity contribution in [1.82, 2.24) is 20.5 Å². The topological polar surface area (TPSA) is 95.9 Å². The zero-order valence-electron chi connectivity index (χ0n) is 16.0. The lowest BCUT2D eigenvalue weighted by Crippen LogP contribution is -2.54. The summed E-state index contributed by atoms with van der Waals surface area (Å²) in [5, 5.41) is 10.1. The van der Waals surface area contributed by atoms with E-state index in [0.29, 0.717) is 37.8 Å². The average molecular weight is 385 g/mol. The van der Waals surface area contributed by atoms with Crippen LogP contribution in [0.25, 0.3) is 0 Å². The highest BCUT2D eigenvalue weighted by molar-refractivity contribution is 6.39. The summed E-state index contributed by atoms with van der Waals surface area (Å²) in [5.41, 5.74) is 0.742. The maximum Gasteiger partial charge on any atom is 0.317 e. The van der Waals surface area contributed by atoms with Crippen LogP contribution in [-0.4, -0.2) is 52.3 Å². The first-order chi connectivity index (χ1) is 13.6. The van der Waals surface area contributed by atoms with Crippen molar-refractivity contribution >= 4 is 17.6 Å². The van der Waals surface area contributed by atoms with Gasteiger partial charge in [0.05, 0.1) is 6.54 Å². The molecule has 0 unspecified atom stereocenters. The van der Waals surface area contributed by atoms with Gasteiger partial charge in [0.15, 0.2) is 5.60 Å². The zero-order valence-corrected chi connectivity index (χ0v) is 16.0. The van der Waals surface area contributed by atoms with Crippen LogP contribution in [-0.2, 0) is 16.2 Å². The Hall–Kier alpha value is -2.64. The highest BCUT2D eigenvalue weighted by atomic mass is 16.7. The molecule has 8 nitrogen and oxygen atoms in total. The number of hydrogen-bond acceptors (Lipinski definition) is 5. The van der Waals surface area contributed by atoms with E-state index in [-0.39, 0.29) is 11.9 Å². The summed E-state index contributed by atoms with van der Waals surface area (Å²) in [5.74, 6) is -0.228. The zero-order chi connectivity index (χ0) is 19.4. The summed E-state index contributed by atoms with van der Waals surface area (Å²) in [4.78, 5) is 36.6. The highest BCUT2D eigenvalue weighted by Crippen LogP contribution is 2.33. The first-order valence-electron chi connectivity index (χ1n) is 10.1. The Morgan fingerprint density at radius 1 is 1.29 bits per heavy atom. The average Bonchev–Trinajstić information content (AvgIpc) is 3.37. The lowest BCUT2D eigenvalue weighted by atomic mass is 9.88. The molecule has 1 aromatic rings. The number of urea groups is 1. The molecule has 2 N–H and O–H groups in total. The van der Waals surface area contributed by atoms with Gasteiger partial charge in [-0.05, 0) is 37.3 Å². The fourth-order valence-electron chi connectivity index (χ4n) is 4.26. The van der Waals surface area contributed by atoms with Gasteiger partial charge >= 0.3 is 6.03 Å². The van der Waals surface area contributed by atoms with E-state index in [1.807, 2.05) is 17.0 Å². The summed E-state index contributed by atoms with van der Waals surface area (Å²) in [7, 11) is 0. The maximum absolute atomic E-state index is 12.6. The molecule has 1 aromatic heterocycles. The molecule has 3 heterocycles. The van der Waals surface area contributed by atoms with Crippen LogP contribution < -0.4 is 10.6 Å². The lowest BCUT2D eigenvalue weighted by molar-refractivity contribution is -0.115. The monoisotopic (exact) mass is 385 g/mol. The number of oxime groups is 1. The Balaban J connectivity index is 1.29. The molecule has 4 rings (SSSR count). The Morgan fingerprint density at radius 2 is 2.14 bits per heavy atom. The van der Waals surface area contributed by atoms with E-state index in [2.05, 4.69) is 20.8 Å². The first-order valence-corrected chi connectivity index (χ1v) is 10.1. The molecule has 150 valence electrons. The first kappa shape index (κ1) is 18.7. The molecular formula is C20H27N5O3. The second-order valence-corrected chi connectivity index (χ2v) is 7.99. The molecule has 28 heavy (non-hydrogen) atoms. The van der Waals surface area contributed by atoms with E-state index in [4.69, 9.17) is 4.84 Å². The molecule has 3 amide bonds. The smallest absolute Gasteiger partial charge is 0.317 e.